The van der Waals surface area contributed by atoms with E-state index in [0.717, 1.165) is 70.6 Å². The first-order valence-electron chi connectivity index (χ1n) is 30.8. The summed E-state index contributed by atoms with van der Waals surface area (Å²) in [5.74, 6) is -0.626. The molecule has 0 saturated carbocycles. The molecule has 6 nitrogen and oxygen atoms in total. The SMILES string of the molecule is CC/C=C\C/C=C\C/C=C\C/C=C\C/C=C\C/C=C\C(CC(=O)NC(CO)C(O)CCCCCCCCCCCCCCCCCCC)OC(=O)CCCCCCCCCCC/C=C/CCCCCCCC. The van der Waals surface area contributed by atoms with Crippen molar-refractivity contribution in [2.24, 2.45) is 0 Å². The van der Waals surface area contributed by atoms with Gasteiger partial charge in [-0.25, -0.2) is 0 Å². The normalized spacial score (nSPS) is 13.7. The first-order valence-corrected chi connectivity index (χ1v) is 30.8. The number of rotatable bonds is 55. The average molecular weight is 1000 g/mol. The van der Waals surface area contributed by atoms with Gasteiger partial charge in [-0.1, -0.05) is 286 Å². The predicted octanol–water partition coefficient (Wildman–Crippen LogP) is 19.5. The summed E-state index contributed by atoms with van der Waals surface area (Å²) in [4.78, 5) is 26.3. The quantitative estimate of drug-likeness (QED) is 0.0320. The van der Waals surface area contributed by atoms with E-state index in [0.29, 0.717) is 19.3 Å². The summed E-state index contributed by atoms with van der Waals surface area (Å²) in [5, 5.41) is 23.9. The lowest BCUT2D eigenvalue weighted by Gasteiger charge is -2.23. The van der Waals surface area contributed by atoms with E-state index in [4.69, 9.17) is 4.74 Å². The van der Waals surface area contributed by atoms with Crippen LogP contribution in [-0.4, -0.2) is 46.9 Å². The van der Waals surface area contributed by atoms with Crippen LogP contribution in [0.15, 0.2) is 85.1 Å². The average Bonchev–Trinajstić information content (AvgIpc) is 3.37. The standard InChI is InChI=1S/C66H117NO5/c1-4-7-10-13-16-19-22-25-28-31-32-35-38-41-44-47-50-53-56-59-66(71)72-62(57-54-51-48-45-42-39-36-33-29-26-23-20-17-14-11-8-5-2)60-65(70)67-63(61-68)64(69)58-55-52-49-46-43-40-37-34-30-27-24-21-18-15-12-9-6-3/h8,11,17,20,25-26,28-29,36,39,45,48,54,57,62-64,68-69H,4-7,9-10,12-16,18-19,21-24,27,30-35,37-38,40-44,46-47,49-53,55-56,58-61H2,1-3H3,(H,67,70)/b11-8-,20-17-,28-25+,29-26-,39-36-,48-45-,57-54-. The Balaban J connectivity index is 4.67. The van der Waals surface area contributed by atoms with Gasteiger partial charge in [-0.15, -0.1) is 0 Å². The molecule has 0 saturated heterocycles. The largest absolute Gasteiger partial charge is 0.458 e. The molecule has 0 spiro atoms. The number of aliphatic hydroxyl groups is 2. The molecule has 416 valence electrons. The van der Waals surface area contributed by atoms with Crippen molar-refractivity contribution in [2.45, 2.75) is 315 Å². The highest BCUT2D eigenvalue weighted by molar-refractivity contribution is 5.78. The van der Waals surface area contributed by atoms with Gasteiger partial charge in [0.15, 0.2) is 0 Å². The molecule has 0 aliphatic carbocycles. The molecule has 0 heterocycles. The highest BCUT2D eigenvalue weighted by atomic mass is 16.5. The van der Waals surface area contributed by atoms with Crippen LogP contribution in [0.2, 0.25) is 0 Å². The number of allylic oxidation sites excluding steroid dienone is 13. The van der Waals surface area contributed by atoms with Gasteiger partial charge in [-0.3, -0.25) is 9.59 Å². The minimum Gasteiger partial charge on any atom is -0.458 e. The second-order valence-corrected chi connectivity index (χ2v) is 20.7. The number of carbonyl (C=O) groups excluding carboxylic acids is 2. The molecule has 1 amide bonds. The number of hydrogen-bond acceptors (Lipinski definition) is 5. The maximum atomic E-state index is 13.3. The van der Waals surface area contributed by atoms with Crippen LogP contribution in [0.25, 0.3) is 0 Å². The van der Waals surface area contributed by atoms with Gasteiger partial charge in [0, 0.05) is 6.42 Å². The molecule has 3 N–H and O–H groups in total. The van der Waals surface area contributed by atoms with Gasteiger partial charge in [0.25, 0.3) is 0 Å². The summed E-state index contributed by atoms with van der Waals surface area (Å²) in [5.41, 5.74) is 0. The maximum absolute atomic E-state index is 13.3. The Labute approximate surface area is 446 Å². The van der Waals surface area contributed by atoms with Crippen LogP contribution in [-0.2, 0) is 14.3 Å². The minimum atomic E-state index is -0.825. The molecule has 0 radical (unpaired) electrons. The van der Waals surface area contributed by atoms with Gasteiger partial charge in [0.05, 0.1) is 25.2 Å². The van der Waals surface area contributed by atoms with Gasteiger partial charge in [-0.05, 0) is 83.1 Å². The fourth-order valence-electron chi connectivity index (χ4n) is 9.07. The molecule has 3 atom stereocenters. The number of carbonyl (C=O) groups is 2. The van der Waals surface area contributed by atoms with Crippen LogP contribution < -0.4 is 5.32 Å². The molecule has 6 heteroatoms. The van der Waals surface area contributed by atoms with Crippen LogP contribution >= 0.6 is 0 Å². The zero-order chi connectivity index (χ0) is 52.3. The number of unbranched alkanes of at least 4 members (excludes halogenated alkanes) is 31. The van der Waals surface area contributed by atoms with Crippen molar-refractivity contribution in [3.63, 3.8) is 0 Å². The van der Waals surface area contributed by atoms with Gasteiger partial charge in [0.2, 0.25) is 5.91 Å². The molecule has 0 fully saturated rings. The highest BCUT2D eigenvalue weighted by Gasteiger charge is 2.23. The zero-order valence-electron chi connectivity index (χ0n) is 47.5. The summed E-state index contributed by atoms with van der Waals surface area (Å²) < 4.78 is 5.86. The number of ether oxygens (including phenoxy) is 1. The monoisotopic (exact) mass is 1000 g/mol. The summed E-state index contributed by atoms with van der Waals surface area (Å²) >= 11 is 0. The van der Waals surface area contributed by atoms with Crippen LogP contribution in [0.1, 0.15) is 297 Å². The third kappa shape index (κ3) is 53.3. The van der Waals surface area contributed by atoms with Crippen molar-refractivity contribution in [2.75, 3.05) is 6.61 Å². The molecule has 0 aromatic heterocycles. The van der Waals surface area contributed by atoms with E-state index in [1.807, 2.05) is 12.2 Å². The Kier molecular flexibility index (Phi) is 56.5. The van der Waals surface area contributed by atoms with Crippen molar-refractivity contribution in [3.8, 4) is 0 Å². The van der Waals surface area contributed by atoms with Crippen LogP contribution in [0.5, 0.6) is 0 Å². The third-order valence-corrected chi connectivity index (χ3v) is 13.7. The predicted molar refractivity (Wildman–Crippen MR) is 314 cm³/mol. The molecule has 0 bridgehead atoms. The molecule has 0 aliphatic heterocycles. The van der Waals surface area contributed by atoms with E-state index < -0.39 is 18.2 Å². The van der Waals surface area contributed by atoms with Crippen molar-refractivity contribution in [1.29, 1.82) is 0 Å². The van der Waals surface area contributed by atoms with Gasteiger partial charge >= 0.3 is 5.97 Å². The number of aliphatic hydroxyl groups excluding tert-OH is 2. The first-order chi connectivity index (χ1) is 35.5. The Hall–Kier alpha value is -2.96. The molecule has 3 unspecified atom stereocenters. The number of hydrogen-bond donors (Lipinski definition) is 3. The van der Waals surface area contributed by atoms with Crippen molar-refractivity contribution >= 4 is 11.9 Å². The summed E-state index contributed by atoms with van der Waals surface area (Å²) in [6, 6.07) is -0.748. The summed E-state index contributed by atoms with van der Waals surface area (Å²) in [6.07, 6.45) is 78.3. The first kappa shape index (κ1) is 69.0. The van der Waals surface area contributed by atoms with E-state index in [1.165, 1.54) is 180 Å². The minimum absolute atomic E-state index is 0.0499. The third-order valence-electron chi connectivity index (χ3n) is 13.7. The molecule has 72 heavy (non-hydrogen) atoms. The van der Waals surface area contributed by atoms with Gasteiger partial charge in [0.1, 0.15) is 6.10 Å². The molecular formula is C66H117NO5. The van der Waals surface area contributed by atoms with Crippen LogP contribution in [0.4, 0.5) is 0 Å². The Morgan fingerprint density at radius 3 is 1.17 bits per heavy atom. The Bertz CT molecular complexity index is 1360. The number of amides is 1. The Morgan fingerprint density at radius 1 is 0.431 bits per heavy atom. The lowest BCUT2D eigenvalue weighted by atomic mass is 10.0. The van der Waals surface area contributed by atoms with Crippen molar-refractivity contribution in [1.82, 2.24) is 5.32 Å². The van der Waals surface area contributed by atoms with E-state index in [1.54, 1.807) is 0 Å². The van der Waals surface area contributed by atoms with Crippen molar-refractivity contribution < 1.29 is 24.5 Å². The molecule has 0 aliphatic rings. The second kappa shape index (κ2) is 58.9. The second-order valence-electron chi connectivity index (χ2n) is 20.7. The van der Waals surface area contributed by atoms with E-state index in [2.05, 4.69) is 99.0 Å². The Morgan fingerprint density at radius 2 is 0.778 bits per heavy atom. The van der Waals surface area contributed by atoms with Gasteiger partial charge < -0.3 is 20.3 Å². The summed E-state index contributed by atoms with van der Waals surface area (Å²) in [7, 11) is 0. The van der Waals surface area contributed by atoms with Gasteiger partial charge in [-0.2, -0.15) is 0 Å². The fourth-order valence-corrected chi connectivity index (χ4v) is 9.07. The maximum Gasteiger partial charge on any atom is 0.306 e. The molecule has 0 aromatic carbocycles. The number of nitrogens with one attached hydrogen (secondary N) is 1. The molecule has 0 rings (SSSR count). The van der Waals surface area contributed by atoms with E-state index in [9.17, 15) is 19.8 Å². The lowest BCUT2D eigenvalue weighted by Crippen LogP contribution is -2.46. The van der Waals surface area contributed by atoms with Crippen LogP contribution in [0.3, 0.4) is 0 Å². The topological polar surface area (TPSA) is 95.9 Å². The van der Waals surface area contributed by atoms with Crippen LogP contribution in [0, 0.1) is 0 Å². The number of esters is 1. The smallest absolute Gasteiger partial charge is 0.306 e. The molecule has 0 aromatic rings. The fraction of sp³-hybridized carbons (Fsp3) is 0.758. The van der Waals surface area contributed by atoms with Crippen molar-refractivity contribution in [3.05, 3.63) is 85.1 Å². The molecular weight excluding hydrogens is 887 g/mol. The lowest BCUT2D eigenvalue weighted by molar-refractivity contribution is -0.148. The summed E-state index contributed by atoms with van der Waals surface area (Å²) in [6.45, 7) is 6.36. The highest BCUT2D eigenvalue weighted by Crippen LogP contribution is 2.17. The zero-order valence-corrected chi connectivity index (χ0v) is 47.5. The van der Waals surface area contributed by atoms with E-state index in [-0.39, 0.29) is 24.9 Å². The van der Waals surface area contributed by atoms with E-state index >= 15 is 0 Å².